The number of anilines is 3. The van der Waals surface area contributed by atoms with Crippen molar-refractivity contribution in [2.45, 2.75) is 16.2 Å². The summed E-state index contributed by atoms with van der Waals surface area (Å²) in [7, 11) is 0. The standard InChI is InChI=1S/C49H35NS/c1-34-16-6-2-3-11-21-40(43(30-34)35-17-7-4-8-18-35)37-26-28-42-41-29-27-39(31-38(41)33-44(45(42)32-37)36-19-9-5-10-20-36)50-46-22-12-14-24-48(46)51-49-25-15-13-23-47(49)50/h2-10,12-33H,1,11H2/b3-2-,16-6-,40-21-,43-30?. The highest BCUT2D eigenvalue weighted by Gasteiger charge is 2.25. The number of rotatable bonds is 4. The predicted octanol–water partition coefficient (Wildman–Crippen LogP) is 14.1. The Morgan fingerprint density at radius 1 is 0.529 bits per heavy atom. The number of hydrogen-bond donors (Lipinski definition) is 0. The Balaban J connectivity index is 1.25. The second-order valence-corrected chi connectivity index (χ2v) is 14.1. The summed E-state index contributed by atoms with van der Waals surface area (Å²) in [5.74, 6) is 0. The molecule has 1 heterocycles. The van der Waals surface area contributed by atoms with E-state index in [4.69, 9.17) is 0 Å². The van der Waals surface area contributed by atoms with Gasteiger partial charge in [-0.25, -0.2) is 0 Å². The van der Waals surface area contributed by atoms with Crippen LogP contribution >= 0.6 is 11.8 Å². The van der Waals surface area contributed by atoms with E-state index in [9.17, 15) is 0 Å². The Kier molecular flexibility index (Phi) is 8.08. The van der Waals surface area contributed by atoms with E-state index in [0.29, 0.717) is 0 Å². The number of para-hydroxylation sites is 2. The molecule has 0 unspecified atom stereocenters. The summed E-state index contributed by atoms with van der Waals surface area (Å²) in [5, 5.41) is 4.95. The summed E-state index contributed by atoms with van der Waals surface area (Å²) in [6.45, 7) is 4.37. The van der Waals surface area contributed by atoms with Gasteiger partial charge >= 0.3 is 0 Å². The van der Waals surface area contributed by atoms with Gasteiger partial charge in [0.2, 0.25) is 0 Å². The molecule has 0 bridgehead atoms. The van der Waals surface area contributed by atoms with Crippen molar-refractivity contribution < 1.29 is 0 Å². The summed E-state index contributed by atoms with van der Waals surface area (Å²) >= 11 is 1.84. The summed E-state index contributed by atoms with van der Waals surface area (Å²) in [6, 6.07) is 55.3. The van der Waals surface area contributed by atoms with Crippen molar-refractivity contribution in [1.82, 2.24) is 0 Å². The minimum absolute atomic E-state index is 0.835. The number of allylic oxidation sites excluding steroid dienone is 9. The van der Waals surface area contributed by atoms with Crippen molar-refractivity contribution in [1.29, 1.82) is 0 Å². The fourth-order valence-corrected chi connectivity index (χ4v) is 8.43. The average molecular weight is 670 g/mol. The molecule has 1 aliphatic heterocycles. The number of benzene rings is 7. The first kappa shape index (κ1) is 30.9. The smallest absolute Gasteiger partial charge is 0.0601 e. The summed E-state index contributed by atoms with van der Waals surface area (Å²) in [4.78, 5) is 4.94. The summed E-state index contributed by atoms with van der Waals surface area (Å²) in [5.41, 5.74) is 11.7. The molecule has 0 spiro atoms. The SMILES string of the molecule is C=C1C=C(c2ccccc2)/C(c2ccc3c(c2)c(-c2ccccc2)cc2cc(N4c5ccccc5Sc5ccccc54)ccc23)=C\C/C=C\C=C/1. The molecule has 9 rings (SSSR count). The first-order valence-corrected chi connectivity index (χ1v) is 18.2. The Bertz CT molecular complexity index is 2540. The lowest BCUT2D eigenvalue weighted by Gasteiger charge is -2.33. The van der Waals surface area contributed by atoms with Gasteiger partial charge in [-0.05, 0) is 122 Å². The van der Waals surface area contributed by atoms with E-state index in [0.717, 1.165) is 17.7 Å². The number of fused-ring (bicyclic) bond motifs is 5. The molecule has 1 nitrogen and oxygen atoms in total. The van der Waals surface area contributed by atoms with Crippen molar-refractivity contribution >= 4 is 61.5 Å². The van der Waals surface area contributed by atoms with E-state index in [1.165, 1.54) is 76.1 Å². The van der Waals surface area contributed by atoms with Gasteiger partial charge in [0.25, 0.3) is 0 Å². The van der Waals surface area contributed by atoms with Crippen LogP contribution in [0.2, 0.25) is 0 Å². The lowest BCUT2D eigenvalue weighted by Crippen LogP contribution is -2.14. The highest BCUT2D eigenvalue weighted by atomic mass is 32.2. The molecule has 7 aromatic rings. The van der Waals surface area contributed by atoms with Crippen molar-refractivity contribution in [2.75, 3.05) is 4.90 Å². The second-order valence-electron chi connectivity index (χ2n) is 13.0. The maximum atomic E-state index is 4.37. The minimum Gasteiger partial charge on any atom is -0.308 e. The van der Waals surface area contributed by atoms with E-state index in [2.05, 4.69) is 200 Å². The normalized spacial score (nSPS) is 16.5. The Hall–Kier alpha value is -6.09. The molecule has 0 fully saturated rings. The van der Waals surface area contributed by atoms with Crippen LogP contribution in [0.25, 0.3) is 43.8 Å². The molecular weight excluding hydrogens is 635 g/mol. The maximum Gasteiger partial charge on any atom is 0.0601 e. The van der Waals surface area contributed by atoms with Gasteiger partial charge in [0.05, 0.1) is 11.4 Å². The summed E-state index contributed by atoms with van der Waals surface area (Å²) < 4.78 is 0. The third-order valence-electron chi connectivity index (χ3n) is 9.74. The zero-order valence-corrected chi connectivity index (χ0v) is 29.0. The monoisotopic (exact) mass is 669 g/mol. The molecule has 242 valence electrons. The maximum absolute atomic E-state index is 4.37. The van der Waals surface area contributed by atoms with Gasteiger partial charge < -0.3 is 4.90 Å². The highest BCUT2D eigenvalue weighted by Crippen LogP contribution is 2.52. The van der Waals surface area contributed by atoms with Crippen LogP contribution < -0.4 is 4.90 Å². The highest BCUT2D eigenvalue weighted by molar-refractivity contribution is 7.99. The van der Waals surface area contributed by atoms with E-state index >= 15 is 0 Å². The van der Waals surface area contributed by atoms with Crippen LogP contribution in [0, 0.1) is 0 Å². The largest absolute Gasteiger partial charge is 0.308 e. The van der Waals surface area contributed by atoms with Crippen molar-refractivity contribution in [3.8, 4) is 11.1 Å². The van der Waals surface area contributed by atoms with Gasteiger partial charge in [-0.2, -0.15) is 0 Å². The molecular formula is C49H35NS. The molecule has 0 saturated carbocycles. The van der Waals surface area contributed by atoms with Crippen LogP contribution in [0.1, 0.15) is 17.5 Å². The van der Waals surface area contributed by atoms with Crippen molar-refractivity contribution in [3.63, 3.8) is 0 Å². The van der Waals surface area contributed by atoms with Crippen LogP contribution in [0.15, 0.2) is 210 Å². The quantitative estimate of drug-likeness (QED) is 0.172. The Morgan fingerprint density at radius 3 is 1.94 bits per heavy atom. The fourth-order valence-electron chi connectivity index (χ4n) is 7.37. The third-order valence-corrected chi connectivity index (χ3v) is 10.9. The molecule has 2 aliphatic rings. The van der Waals surface area contributed by atoms with Gasteiger partial charge in [-0.3, -0.25) is 0 Å². The van der Waals surface area contributed by atoms with Crippen LogP contribution in [0.5, 0.6) is 0 Å². The second kappa shape index (κ2) is 13.3. The Morgan fingerprint density at radius 2 is 1.20 bits per heavy atom. The molecule has 1 aliphatic carbocycles. The van der Waals surface area contributed by atoms with Gasteiger partial charge in [-0.1, -0.05) is 152 Å². The molecule has 2 heteroatoms. The molecule has 0 amide bonds. The summed E-state index contributed by atoms with van der Waals surface area (Å²) in [6.07, 6.45) is 13.9. The van der Waals surface area contributed by atoms with Crippen LogP contribution in [0.3, 0.4) is 0 Å². The Labute approximate surface area is 303 Å². The van der Waals surface area contributed by atoms with Gasteiger partial charge in [0, 0.05) is 15.5 Å². The molecule has 51 heavy (non-hydrogen) atoms. The lowest BCUT2D eigenvalue weighted by atomic mass is 9.86. The first-order chi connectivity index (χ1) is 25.2. The molecule has 0 radical (unpaired) electrons. The number of hydrogen-bond acceptors (Lipinski definition) is 2. The van der Waals surface area contributed by atoms with E-state index in [-0.39, 0.29) is 0 Å². The molecule has 0 atom stereocenters. The molecule has 0 aromatic heterocycles. The van der Waals surface area contributed by atoms with Gasteiger partial charge in [0.15, 0.2) is 0 Å². The van der Waals surface area contributed by atoms with Crippen LogP contribution in [0.4, 0.5) is 17.1 Å². The van der Waals surface area contributed by atoms with E-state index in [1.807, 2.05) is 11.8 Å². The topological polar surface area (TPSA) is 3.24 Å². The molecule has 0 saturated heterocycles. The van der Waals surface area contributed by atoms with Crippen LogP contribution in [-0.2, 0) is 0 Å². The third kappa shape index (κ3) is 5.84. The molecule has 0 N–H and O–H groups in total. The zero-order chi connectivity index (χ0) is 34.1. The fraction of sp³-hybridized carbons (Fsp3) is 0.0204. The lowest BCUT2D eigenvalue weighted by molar-refractivity contribution is 1.17. The minimum atomic E-state index is 0.835. The van der Waals surface area contributed by atoms with E-state index in [1.54, 1.807) is 0 Å². The predicted molar refractivity (Wildman–Crippen MR) is 220 cm³/mol. The van der Waals surface area contributed by atoms with Gasteiger partial charge in [0.1, 0.15) is 0 Å². The first-order valence-electron chi connectivity index (χ1n) is 17.4. The van der Waals surface area contributed by atoms with Crippen molar-refractivity contribution in [3.05, 3.63) is 211 Å². The number of nitrogens with zero attached hydrogens (tertiary/aromatic N) is 1. The average Bonchev–Trinajstić information content (AvgIpc) is 3.19. The van der Waals surface area contributed by atoms with Crippen molar-refractivity contribution in [2.24, 2.45) is 0 Å². The molecule has 7 aromatic carbocycles. The zero-order valence-electron chi connectivity index (χ0n) is 28.2. The van der Waals surface area contributed by atoms with Crippen LogP contribution in [-0.4, -0.2) is 0 Å². The van der Waals surface area contributed by atoms with E-state index < -0.39 is 0 Å². The van der Waals surface area contributed by atoms with Gasteiger partial charge in [-0.15, -0.1) is 0 Å².